The first-order chi connectivity index (χ1) is 47.7. The maximum atomic E-state index is 2.66. The van der Waals surface area contributed by atoms with E-state index in [1.165, 1.54) is 164 Å². The molecule has 0 saturated carbocycles. The average Bonchev–Trinajstić information content (AvgIpc) is 1.51. The largest absolute Gasteiger partial charge is 0.310 e. The Morgan fingerprint density at radius 2 is 0.458 bits per heavy atom. The first-order valence-corrected chi connectivity index (χ1v) is 33.3. The van der Waals surface area contributed by atoms with E-state index in [4.69, 9.17) is 0 Å². The summed E-state index contributed by atoms with van der Waals surface area (Å²) in [6, 6.07) is 118. The highest BCUT2D eigenvalue weighted by atomic mass is 15.2. The molecule has 8 aromatic heterocycles. The van der Waals surface area contributed by atoms with Crippen LogP contribution < -0.4 is 9.80 Å². The van der Waals surface area contributed by atoms with Crippen LogP contribution >= 0.6 is 0 Å². The lowest BCUT2D eigenvalue weighted by Gasteiger charge is -2.26. The Labute approximate surface area is 548 Å². The summed E-state index contributed by atoms with van der Waals surface area (Å²) in [5, 5.41) is 19.9. The molecule has 0 fully saturated rings. The van der Waals surface area contributed by atoms with Gasteiger partial charge in [0.25, 0.3) is 0 Å². The number of hydrogen-bond acceptors (Lipinski definition) is 2. The van der Waals surface area contributed by atoms with Gasteiger partial charge in [-0.05, 0) is 108 Å². The van der Waals surface area contributed by atoms with Gasteiger partial charge in [-0.2, -0.15) is 0 Å². The number of aromatic nitrogens is 4. The second kappa shape index (κ2) is 18.4. The molecule has 0 aliphatic heterocycles. The summed E-state index contributed by atoms with van der Waals surface area (Å²) in [5.41, 5.74) is 26.0. The van der Waals surface area contributed by atoms with E-state index < -0.39 is 0 Å². The normalized spacial score (nSPS) is 12.6. The second-order valence-electron chi connectivity index (χ2n) is 26.3. The zero-order valence-corrected chi connectivity index (χ0v) is 51.7. The van der Waals surface area contributed by atoms with Gasteiger partial charge in [0, 0.05) is 131 Å². The first-order valence-electron chi connectivity index (χ1n) is 33.3. The minimum Gasteiger partial charge on any atom is -0.310 e. The third kappa shape index (κ3) is 6.40. The Balaban J connectivity index is 0.835. The summed E-state index contributed by atoms with van der Waals surface area (Å²) < 4.78 is 10.3. The van der Waals surface area contributed by atoms with E-state index in [0.717, 1.165) is 45.2 Å². The molecule has 0 amide bonds. The van der Waals surface area contributed by atoms with Gasteiger partial charge in [-0.3, -0.25) is 0 Å². The number of rotatable bonds is 8. The Bertz CT molecular complexity index is 6580. The molecule has 442 valence electrons. The van der Waals surface area contributed by atoms with E-state index in [2.05, 4.69) is 343 Å². The van der Waals surface area contributed by atoms with E-state index in [1.54, 1.807) is 0 Å². The molecule has 0 spiro atoms. The zero-order valence-electron chi connectivity index (χ0n) is 51.7. The fourth-order valence-electron chi connectivity index (χ4n) is 17.9. The Kier molecular flexibility index (Phi) is 9.74. The maximum Gasteiger partial charge on any atom is 0.0634 e. The van der Waals surface area contributed by atoms with Gasteiger partial charge < -0.3 is 27.4 Å². The van der Waals surface area contributed by atoms with Crippen molar-refractivity contribution in [3.05, 3.63) is 315 Å². The van der Waals surface area contributed by atoms with Crippen LogP contribution in [0.3, 0.4) is 0 Å². The molecule has 0 aliphatic rings. The lowest BCUT2D eigenvalue weighted by molar-refractivity contribution is 1.29. The van der Waals surface area contributed by atoms with Crippen molar-refractivity contribution >= 4 is 187 Å². The van der Waals surface area contributed by atoms with Gasteiger partial charge in [0.15, 0.2) is 0 Å². The molecule has 8 heterocycles. The third-order valence-corrected chi connectivity index (χ3v) is 21.5. The van der Waals surface area contributed by atoms with E-state index >= 15 is 0 Å². The third-order valence-electron chi connectivity index (χ3n) is 21.5. The van der Waals surface area contributed by atoms with Crippen LogP contribution in [0.5, 0.6) is 0 Å². The fraction of sp³-hybridized carbons (Fsp3) is 0. The molecule has 0 bridgehead atoms. The average molecular weight is 1220 g/mol. The van der Waals surface area contributed by atoms with Crippen molar-refractivity contribution in [2.24, 2.45) is 0 Å². The van der Waals surface area contributed by atoms with Crippen LogP contribution in [0, 0.1) is 0 Å². The minimum atomic E-state index is 1.09. The molecule has 23 aromatic rings. The van der Waals surface area contributed by atoms with E-state index in [0.29, 0.717) is 0 Å². The van der Waals surface area contributed by atoms with Crippen LogP contribution in [0.15, 0.2) is 315 Å². The Hall–Kier alpha value is -12.9. The lowest BCUT2D eigenvalue weighted by atomic mass is 9.89. The molecule has 96 heavy (non-hydrogen) atoms. The van der Waals surface area contributed by atoms with Crippen LogP contribution in [0.2, 0.25) is 0 Å². The number of anilines is 6. The highest BCUT2D eigenvalue weighted by Gasteiger charge is 2.32. The van der Waals surface area contributed by atoms with Crippen molar-refractivity contribution in [2.75, 3.05) is 9.80 Å². The molecule has 23 rings (SSSR count). The van der Waals surface area contributed by atoms with Gasteiger partial charge in [-0.1, -0.05) is 218 Å². The summed E-state index contributed by atoms with van der Waals surface area (Å²) in [6.45, 7) is 0. The van der Waals surface area contributed by atoms with Crippen molar-refractivity contribution < 1.29 is 0 Å². The van der Waals surface area contributed by atoms with E-state index in [1.807, 2.05) is 0 Å². The molecular weight excluding hydrogens is 1170 g/mol. The van der Waals surface area contributed by atoms with Crippen molar-refractivity contribution in [2.45, 2.75) is 0 Å². The van der Waals surface area contributed by atoms with Gasteiger partial charge in [-0.15, -0.1) is 0 Å². The monoisotopic (exact) mass is 1220 g/mol. The lowest BCUT2D eigenvalue weighted by Crippen LogP contribution is -2.10. The highest BCUT2D eigenvalue weighted by molar-refractivity contribution is 6.38. The van der Waals surface area contributed by atoms with Crippen LogP contribution in [0.25, 0.3) is 175 Å². The van der Waals surface area contributed by atoms with Crippen molar-refractivity contribution in [1.82, 2.24) is 17.6 Å². The molecule has 6 heteroatoms. The number of para-hydroxylation sites is 8. The number of fused-ring (bicyclic) bond motifs is 24. The molecular formula is C90H52N6. The molecule has 0 N–H and O–H groups in total. The van der Waals surface area contributed by atoms with Crippen molar-refractivity contribution in [3.63, 3.8) is 0 Å². The molecule has 0 aliphatic carbocycles. The number of benzene rings is 15. The molecule has 0 radical (unpaired) electrons. The van der Waals surface area contributed by atoms with E-state index in [9.17, 15) is 0 Å². The van der Waals surface area contributed by atoms with Crippen LogP contribution in [-0.2, 0) is 0 Å². The number of nitrogens with zero attached hydrogens (tertiary/aromatic N) is 6. The second-order valence-corrected chi connectivity index (χ2v) is 26.3. The number of hydrogen-bond donors (Lipinski definition) is 0. The Morgan fingerprint density at radius 3 is 0.823 bits per heavy atom. The summed E-state index contributed by atoms with van der Waals surface area (Å²) in [5.74, 6) is 0. The molecule has 0 atom stereocenters. The predicted octanol–water partition coefficient (Wildman–Crippen LogP) is 24.6. The molecule has 6 nitrogen and oxygen atoms in total. The van der Waals surface area contributed by atoms with E-state index in [-0.39, 0.29) is 0 Å². The van der Waals surface area contributed by atoms with Crippen LogP contribution in [0.1, 0.15) is 0 Å². The zero-order chi connectivity index (χ0) is 62.2. The van der Waals surface area contributed by atoms with Crippen molar-refractivity contribution in [1.29, 1.82) is 0 Å². The summed E-state index contributed by atoms with van der Waals surface area (Å²) >= 11 is 0. The summed E-state index contributed by atoms with van der Waals surface area (Å²) in [4.78, 5) is 4.97. The fourth-order valence-corrected chi connectivity index (χ4v) is 17.9. The summed E-state index contributed by atoms with van der Waals surface area (Å²) in [6.07, 6.45) is 0. The first kappa shape index (κ1) is 50.7. The Morgan fingerprint density at radius 1 is 0.167 bits per heavy atom. The topological polar surface area (TPSA) is 24.1 Å². The molecule has 15 aromatic carbocycles. The smallest absolute Gasteiger partial charge is 0.0634 e. The van der Waals surface area contributed by atoms with Crippen molar-refractivity contribution in [3.8, 4) is 22.3 Å². The van der Waals surface area contributed by atoms with Gasteiger partial charge in [-0.25, -0.2) is 0 Å². The maximum absolute atomic E-state index is 2.66. The SMILES string of the molecule is c1ccc(-c2c3c4cccc5c6ccc(N(c7ccccc7)c7cc8c9ccccc9n9c%10ccccc%10c(c7)c89)cc6n(c3c(-c3ccccc3)c3c6cccc7c8ccc(N(c9ccccc9)c9cc%10c%11ccccc%11n%11c%12ccccc%12c(c9)c%10%11)cc8n(c23)c76)c54)cc1. The van der Waals surface area contributed by atoms with Gasteiger partial charge >= 0.3 is 0 Å². The minimum absolute atomic E-state index is 1.09. The van der Waals surface area contributed by atoms with Crippen LogP contribution in [-0.4, -0.2) is 17.6 Å². The van der Waals surface area contributed by atoms with Gasteiger partial charge in [0.05, 0.1) is 66.2 Å². The van der Waals surface area contributed by atoms with Crippen LogP contribution in [0.4, 0.5) is 34.1 Å². The summed E-state index contributed by atoms with van der Waals surface area (Å²) in [7, 11) is 0. The van der Waals surface area contributed by atoms with Gasteiger partial charge in [0.2, 0.25) is 0 Å². The van der Waals surface area contributed by atoms with Gasteiger partial charge in [0.1, 0.15) is 0 Å². The predicted molar refractivity (Wildman–Crippen MR) is 405 cm³/mol. The quantitative estimate of drug-likeness (QED) is 0.151. The standard InChI is InChI=1S/C90H52N6/c1-5-23-53(24-6-1)81-83-69-37-21-35-67-66-46-44-58(92(56-29-11-4-12-30-56)60-49-73-63-33-15-19-41-77(63)94-78-42-20-16-34-64(78)74(50-60)88(73)94)52-80(66)96(85(67)69)90(83)82(54-25-7-2-8-26-54)84-70-38-22-36-68-65-45-43-57(51-79(65)95(86(68)70)89(81)84)91(55-27-9-3-10-28-55)59-47-71-61-31-13-17-39-75(61)93-76-40-18-14-32-62(76)72(48-59)87(71)93/h1-52H. The highest BCUT2D eigenvalue weighted by Crippen LogP contribution is 2.56. The molecule has 0 unspecified atom stereocenters. The molecule has 0 saturated heterocycles.